The number of halogens is 4. The van der Waals surface area contributed by atoms with Gasteiger partial charge in [0, 0.05) is 6.07 Å². The third-order valence-corrected chi connectivity index (χ3v) is 5.48. The highest BCUT2D eigenvalue weighted by Crippen LogP contribution is 2.30. The van der Waals surface area contributed by atoms with Crippen molar-refractivity contribution in [3.63, 3.8) is 0 Å². The molecule has 0 fully saturated rings. The number of nitrogens with one attached hydrogen (secondary N) is 1. The fraction of sp³-hybridized carbons (Fsp3) is 0.0952. The highest BCUT2D eigenvalue weighted by Gasteiger charge is 2.23. The third kappa shape index (κ3) is 4.05. The molecule has 0 amide bonds. The summed E-state index contributed by atoms with van der Waals surface area (Å²) in [5.41, 5.74) is 10.5. The Kier molecular flexibility index (Phi) is 5.95. The van der Waals surface area contributed by atoms with E-state index in [1.807, 2.05) is 6.07 Å². The lowest BCUT2D eigenvalue weighted by atomic mass is 10.2. The van der Waals surface area contributed by atoms with Crippen molar-refractivity contribution in [1.82, 2.24) is 19.5 Å². The van der Waals surface area contributed by atoms with E-state index < -0.39 is 23.2 Å². The number of benzene rings is 2. The lowest BCUT2D eigenvalue weighted by molar-refractivity contribution is 0.579. The minimum atomic E-state index is -0.908. The molecular weight excluding hydrogens is 489 g/mol. The van der Waals surface area contributed by atoms with E-state index in [9.17, 15) is 18.8 Å². The third-order valence-electron chi connectivity index (χ3n) is 4.86. The Morgan fingerprint density at radius 1 is 1.09 bits per heavy atom. The molecule has 172 valence electrons. The summed E-state index contributed by atoms with van der Waals surface area (Å²) in [4.78, 5) is 25.7. The number of rotatable bonds is 4. The topological polar surface area (TPSA) is 149 Å². The van der Waals surface area contributed by atoms with Crippen LogP contribution < -0.4 is 22.3 Å². The second-order valence-electron chi connectivity index (χ2n) is 7.16. The van der Waals surface area contributed by atoms with E-state index in [-0.39, 0.29) is 55.6 Å². The van der Waals surface area contributed by atoms with Gasteiger partial charge >= 0.3 is 0 Å². The molecule has 5 N–H and O–H groups in total. The van der Waals surface area contributed by atoms with Gasteiger partial charge in [0.1, 0.15) is 34.9 Å². The zero-order valence-corrected chi connectivity index (χ0v) is 18.8. The number of nitriles is 1. The minimum Gasteiger partial charge on any atom is -0.382 e. The molecule has 2 aromatic carbocycles. The van der Waals surface area contributed by atoms with Gasteiger partial charge < -0.3 is 16.8 Å². The number of fused-ring (bicyclic) bond motifs is 1. The molecule has 4 rings (SSSR count). The number of hydrogen-bond acceptors (Lipinski definition) is 8. The van der Waals surface area contributed by atoms with Crippen LogP contribution >= 0.6 is 23.2 Å². The Hall–Kier alpha value is -4.01. The molecule has 4 aromatic rings. The fourth-order valence-corrected chi connectivity index (χ4v) is 3.86. The van der Waals surface area contributed by atoms with Crippen LogP contribution in [0.4, 0.5) is 26.4 Å². The quantitative estimate of drug-likeness (QED) is 0.379. The highest BCUT2D eigenvalue weighted by molar-refractivity contribution is 6.39. The van der Waals surface area contributed by atoms with Crippen LogP contribution in [0.1, 0.15) is 24.4 Å². The summed E-state index contributed by atoms with van der Waals surface area (Å²) in [6.07, 6.45) is 0. The van der Waals surface area contributed by atoms with Crippen molar-refractivity contribution in [3.05, 3.63) is 73.8 Å². The van der Waals surface area contributed by atoms with Gasteiger partial charge in [-0.2, -0.15) is 15.2 Å². The Morgan fingerprint density at radius 3 is 2.38 bits per heavy atom. The molecule has 1 atom stereocenters. The van der Waals surface area contributed by atoms with Crippen molar-refractivity contribution in [1.29, 1.82) is 5.26 Å². The van der Waals surface area contributed by atoms with E-state index >= 15 is 0 Å². The number of hydrogen-bond donors (Lipinski definition) is 3. The predicted molar refractivity (Wildman–Crippen MR) is 125 cm³/mol. The summed E-state index contributed by atoms with van der Waals surface area (Å²) >= 11 is 12.5. The van der Waals surface area contributed by atoms with Crippen molar-refractivity contribution in [2.45, 2.75) is 13.0 Å². The molecule has 13 heteroatoms. The van der Waals surface area contributed by atoms with Crippen molar-refractivity contribution >= 4 is 51.7 Å². The molecule has 0 aliphatic heterocycles. The maximum atomic E-state index is 14.1. The van der Waals surface area contributed by atoms with E-state index in [0.717, 1.165) is 16.7 Å². The molecule has 2 aromatic heterocycles. The van der Waals surface area contributed by atoms with Crippen LogP contribution in [0.15, 0.2) is 35.1 Å². The summed E-state index contributed by atoms with van der Waals surface area (Å²) in [6.45, 7) is 1.58. The minimum absolute atomic E-state index is 0.00804. The summed E-state index contributed by atoms with van der Waals surface area (Å²) in [6, 6.07) is 6.48. The number of nitrogens with zero attached hydrogens (tertiary/aromatic N) is 5. The largest absolute Gasteiger partial charge is 0.382 e. The van der Waals surface area contributed by atoms with Gasteiger partial charge in [0.25, 0.3) is 5.56 Å². The van der Waals surface area contributed by atoms with E-state index in [1.165, 1.54) is 12.1 Å². The van der Waals surface area contributed by atoms with E-state index in [0.29, 0.717) is 6.07 Å². The van der Waals surface area contributed by atoms with Crippen LogP contribution in [0.5, 0.6) is 0 Å². The zero-order chi connectivity index (χ0) is 24.7. The Labute approximate surface area is 200 Å². The first-order chi connectivity index (χ1) is 16.1. The summed E-state index contributed by atoms with van der Waals surface area (Å²) in [5.74, 6) is -2.20. The molecule has 0 unspecified atom stereocenters. The normalized spacial score (nSPS) is 11.9. The average Bonchev–Trinajstić information content (AvgIpc) is 2.74. The standard InChI is InChI=1S/C21H14Cl2F2N8O/c1-8(29-18-12(7-26)17(27)31-21(28)32-18)19-30-16-14(23)3-2-13(22)15(16)20(34)33(19)11-5-9(24)4-10(25)6-11/h2-6,8H,1H3,(H5,27,28,29,31,32)/t8-/m0/s1. The van der Waals surface area contributed by atoms with Crippen LogP contribution in [0.25, 0.3) is 16.6 Å². The van der Waals surface area contributed by atoms with E-state index in [4.69, 9.17) is 34.7 Å². The molecule has 0 aliphatic carbocycles. The van der Waals surface area contributed by atoms with E-state index in [1.54, 1.807) is 6.92 Å². The Bertz CT molecular complexity index is 1550. The molecule has 0 saturated carbocycles. The summed E-state index contributed by atoms with van der Waals surface area (Å²) < 4.78 is 29.1. The summed E-state index contributed by atoms with van der Waals surface area (Å²) in [5, 5.41) is 12.5. The maximum absolute atomic E-state index is 14.1. The molecule has 0 saturated heterocycles. The molecule has 0 bridgehead atoms. The SMILES string of the molecule is C[C@H](Nc1nc(N)nc(N)c1C#N)c1nc2c(Cl)ccc(Cl)c2c(=O)n1-c1cc(F)cc(F)c1. The van der Waals surface area contributed by atoms with Gasteiger partial charge in [0.05, 0.1) is 32.7 Å². The lowest BCUT2D eigenvalue weighted by Crippen LogP contribution is -2.28. The van der Waals surface area contributed by atoms with Crippen molar-refractivity contribution in [3.8, 4) is 11.8 Å². The summed E-state index contributed by atoms with van der Waals surface area (Å²) in [7, 11) is 0. The smallest absolute Gasteiger partial charge is 0.267 e. The predicted octanol–water partition coefficient (Wildman–Crippen LogP) is 3.97. The van der Waals surface area contributed by atoms with E-state index in [2.05, 4.69) is 20.3 Å². The molecule has 2 heterocycles. The van der Waals surface area contributed by atoms with Crippen molar-refractivity contribution in [2.75, 3.05) is 16.8 Å². The molecule has 9 nitrogen and oxygen atoms in total. The number of nitrogen functional groups attached to an aromatic ring is 2. The number of anilines is 3. The van der Waals surface area contributed by atoms with Crippen molar-refractivity contribution in [2.24, 2.45) is 0 Å². The van der Waals surface area contributed by atoms with Crippen molar-refractivity contribution < 1.29 is 8.78 Å². The Balaban J connectivity index is 2.01. The van der Waals surface area contributed by atoms with Gasteiger partial charge in [0.2, 0.25) is 5.95 Å². The van der Waals surface area contributed by atoms with Gasteiger partial charge in [-0.25, -0.2) is 13.8 Å². The Morgan fingerprint density at radius 2 is 1.74 bits per heavy atom. The fourth-order valence-electron chi connectivity index (χ4n) is 3.42. The van der Waals surface area contributed by atoms with Crippen LogP contribution in [-0.2, 0) is 0 Å². The molecular formula is C21H14Cl2F2N8O. The second-order valence-corrected chi connectivity index (χ2v) is 7.97. The van der Waals surface area contributed by atoms with Crippen LogP contribution in [0.3, 0.4) is 0 Å². The monoisotopic (exact) mass is 502 g/mol. The highest BCUT2D eigenvalue weighted by atomic mass is 35.5. The first kappa shape index (κ1) is 23.2. The van der Waals surface area contributed by atoms with Gasteiger partial charge in [-0.15, -0.1) is 0 Å². The number of aromatic nitrogens is 4. The number of nitrogens with two attached hydrogens (primary N) is 2. The lowest BCUT2D eigenvalue weighted by Gasteiger charge is -2.21. The van der Waals surface area contributed by atoms with Crippen LogP contribution in [0, 0.1) is 23.0 Å². The second kappa shape index (κ2) is 8.74. The van der Waals surface area contributed by atoms with Gasteiger partial charge in [-0.1, -0.05) is 23.2 Å². The zero-order valence-electron chi connectivity index (χ0n) is 17.3. The molecule has 0 aliphatic rings. The molecule has 0 spiro atoms. The first-order valence-corrected chi connectivity index (χ1v) is 10.3. The van der Waals surface area contributed by atoms with Gasteiger partial charge in [-0.05, 0) is 31.2 Å². The molecule has 0 radical (unpaired) electrons. The maximum Gasteiger partial charge on any atom is 0.267 e. The van der Waals surface area contributed by atoms with Gasteiger partial charge in [-0.3, -0.25) is 9.36 Å². The molecule has 34 heavy (non-hydrogen) atoms. The average molecular weight is 503 g/mol. The first-order valence-electron chi connectivity index (χ1n) is 9.57. The van der Waals surface area contributed by atoms with Crippen LogP contribution in [-0.4, -0.2) is 19.5 Å². The van der Waals surface area contributed by atoms with Crippen LogP contribution in [0.2, 0.25) is 10.0 Å². The van der Waals surface area contributed by atoms with Gasteiger partial charge in [0.15, 0.2) is 5.82 Å².